The van der Waals surface area contributed by atoms with Gasteiger partial charge >= 0.3 is 0 Å². The maximum absolute atomic E-state index is 6.07. The molecule has 1 heterocycles. The van der Waals surface area contributed by atoms with Crippen molar-refractivity contribution in [2.75, 3.05) is 5.73 Å². The second-order valence-corrected chi connectivity index (χ2v) is 6.17. The highest BCUT2D eigenvalue weighted by molar-refractivity contribution is 5.78. The summed E-state index contributed by atoms with van der Waals surface area (Å²) >= 11 is 0. The predicted molar refractivity (Wildman–Crippen MR) is 82.1 cm³/mol. The third kappa shape index (κ3) is 3.28. The van der Waals surface area contributed by atoms with Crippen LogP contribution in [0.5, 0.6) is 0 Å². The zero-order valence-corrected chi connectivity index (χ0v) is 12.3. The van der Waals surface area contributed by atoms with Crippen molar-refractivity contribution in [2.45, 2.75) is 53.0 Å². The molecular formula is C16H25N3. The second-order valence-electron chi connectivity index (χ2n) is 6.17. The summed E-state index contributed by atoms with van der Waals surface area (Å²) < 4.78 is 2.15. The van der Waals surface area contributed by atoms with E-state index < -0.39 is 0 Å². The maximum atomic E-state index is 6.07. The number of para-hydroxylation sites is 2. The van der Waals surface area contributed by atoms with Gasteiger partial charge in [0.1, 0.15) is 0 Å². The smallest absolute Gasteiger partial charge is 0.201 e. The molecule has 0 spiro atoms. The molecule has 0 fully saturated rings. The number of fused-ring (bicyclic) bond motifs is 1. The summed E-state index contributed by atoms with van der Waals surface area (Å²) in [5.74, 6) is 0.629. The number of benzene rings is 1. The van der Waals surface area contributed by atoms with Crippen molar-refractivity contribution >= 4 is 17.0 Å². The van der Waals surface area contributed by atoms with Gasteiger partial charge in [0.25, 0.3) is 0 Å². The number of nitrogens with two attached hydrogens (primary N) is 1. The van der Waals surface area contributed by atoms with Gasteiger partial charge in [-0.3, -0.25) is 0 Å². The lowest BCUT2D eigenvalue weighted by atomic mass is 9.86. The minimum Gasteiger partial charge on any atom is -0.369 e. The first-order chi connectivity index (χ1) is 9.03. The van der Waals surface area contributed by atoms with E-state index in [-0.39, 0.29) is 5.41 Å². The van der Waals surface area contributed by atoms with E-state index >= 15 is 0 Å². The largest absolute Gasteiger partial charge is 0.369 e. The van der Waals surface area contributed by atoms with Gasteiger partial charge in [0.2, 0.25) is 5.95 Å². The lowest BCUT2D eigenvalue weighted by molar-refractivity contribution is 0.276. The molecule has 0 saturated carbocycles. The molecule has 0 bridgehead atoms. The zero-order chi connectivity index (χ0) is 13.9. The zero-order valence-electron chi connectivity index (χ0n) is 12.3. The lowest BCUT2D eigenvalue weighted by Crippen LogP contribution is -2.20. The standard InChI is InChI=1S/C16H25N3/c1-4-5-8-11-16(2,3)12-19-14-10-7-6-9-13(14)18-15(19)17/h6-7,9-10H,4-5,8,11-12H2,1-3H3,(H2,17,18). The molecule has 0 aliphatic carbocycles. The Bertz CT molecular complexity index is 540. The molecule has 0 unspecified atom stereocenters. The number of hydrogen-bond donors (Lipinski definition) is 1. The molecule has 0 saturated heterocycles. The predicted octanol–water partition coefficient (Wildman–Crippen LogP) is 4.23. The van der Waals surface area contributed by atoms with Crippen LogP contribution < -0.4 is 5.73 Å². The van der Waals surface area contributed by atoms with Crippen molar-refractivity contribution in [3.8, 4) is 0 Å². The molecular weight excluding hydrogens is 234 g/mol. The van der Waals surface area contributed by atoms with E-state index in [1.54, 1.807) is 0 Å². The number of imidazole rings is 1. The molecule has 2 aromatic rings. The number of rotatable bonds is 6. The molecule has 0 aliphatic rings. The van der Waals surface area contributed by atoms with Gasteiger partial charge in [-0.1, -0.05) is 52.2 Å². The Morgan fingerprint density at radius 3 is 2.68 bits per heavy atom. The van der Waals surface area contributed by atoms with Crippen LogP contribution in [0.2, 0.25) is 0 Å². The maximum Gasteiger partial charge on any atom is 0.201 e. The summed E-state index contributed by atoms with van der Waals surface area (Å²) in [6.45, 7) is 7.81. The summed E-state index contributed by atoms with van der Waals surface area (Å²) in [6.07, 6.45) is 5.10. The third-order valence-electron chi connectivity index (χ3n) is 3.73. The van der Waals surface area contributed by atoms with Crippen molar-refractivity contribution in [3.05, 3.63) is 24.3 Å². The van der Waals surface area contributed by atoms with Crippen LogP contribution in [0.4, 0.5) is 5.95 Å². The van der Waals surface area contributed by atoms with Gasteiger partial charge in [-0.15, -0.1) is 0 Å². The fraction of sp³-hybridized carbons (Fsp3) is 0.562. The number of nitrogen functional groups attached to an aromatic ring is 1. The van der Waals surface area contributed by atoms with E-state index in [1.807, 2.05) is 18.2 Å². The van der Waals surface area contributed by atoms with E-state index in [0.717, 1.165) is 17.6 Å². The first kappa shape index (κ1) is 13.9. The van der Waals surface area contributed by atoms with E-state index in [4.69, 9.17) is 5.73 Å². The van der Waals surface area contributed by atoms with E-state index in [9.17, 15) is 0 Å². The summed E-state index contributed by atoms with van der Waals surface area (Å²) in [5, 5.41) is 0. The lowest BCUT2D eigenvalue weighted by Gasteiger charge is -2.26. The highest BCUT2D eigenvalue weighted by Crippen LogP contribution is 2.29. The van der Waals surface area contributed by atoms with Crippen LogP contribution in [-0.2, 0) is 6.54 Å². The Kier molecular flexibility index (Phi) is 4.13. The van der Waals surface area contributed by atoms with Crippen molar-refractivity contribution in [1.29, 1.82) is 0 Å². The first-order valence-corrected chi connectivity index (χ1v) is 7.24. The van der Waals surface area contributed by atoms with Gasteiger partial charge in [0, 0.05) is 6.54 Å². The molecule has 1 aromatic heterocycles. The summed E-state index contributed by atoms with van der Waals surface area (Å²) in [6, 6.07) is 8.17. The summed E-state index contributed by atoms with van der Waals surface area (Å²) in [4.78, 5) is 4.43. The van der Waals surface area contributed by atoms with Crippen LogP contribution in [0.3, 0.4) is 0 Å². The normalized spacial score (nSPS) is 12.2. The van der Waals surface area contributed by atoms with E-state index in [2.05, 4.69) is 36.4 Å². The Balaban J connectivity index is 2.18. The van der Waals surface area contributed by atoms with Crippen LogP contribution >= 0.6 is 0 Å². The summed E-state index contributed by atoms with van der Waals surface area (Å²) in [5.41, 5.74) is 8.46. The van der Waals surface area contributed by atoms with E-state index in [1.165, 1.54) is 25.7 Å². The second kappa shape index (κ2) is 5.64. The van der Waals surface area contributed by atoms with Gasteiger partial charge in [0.15, 0.2) is 0 Å². The average Bonchev–Trinajstić information content (AvgIpc) is 2.66. The molecule has 0 radical (unpaired) electrons. The first-order valence-electron chi connectivity index (χ1n) is 7.24. The molecule has 3 nitrogen and oxygen atoms in total. The number of hydrogen-bond acceptors (Lipinski definition) is 2. The fourth-order valence-corrected chi connectivity index (χ4v) is 2.62. The van der Waals surface area contributed by atoms with Crippen molar-refractivity contribution in [3.63, 3.8) is 0 Å². The molecule has 2 N–H and O–H groups in total. The summed E-state index contributed by atoms with van der Waals surface area (Å²) in [7, 11) is 0. The van der Waals surface area contributed by atoms with Crippen LogP contribution in [-0.4, -0.2) is 9.55 Å². The monoisotopic (exact) mass is 259 g/mol. The van der Waals surface area contributed by atoms with Gasteiger partial charge in [0.05, 0.1) is 11.0 Å². The van der Waals surface area contributed by atoms with E-state index in [0.29, 0.717) is 5.95 Å². The Morgan fingerprint density at radius 2 is 1.95 bits per heavy atom. The number of unbranched alkanes of at least 4 members (excludes halogenated alkanes) is 2. The molecule has 0 atom stereocenters. The molecule has 0 amide bonds. The van der Waals surface area contributed by atoms with Crippen LogP contribution in [0.1, 0.15) is 46.5 Å². The average molecular weight is 259 g/mol. The van der Waals surface area contributed by atoms with Crippen molar-refractivity contribution in [2.24, 2.45) is 5.41 Å². The minimum atomic E-state index is 0.257. The molecule has 3 heteroatoms. The number of nitrogens with zero attached hydrogens (tertiary/aromatic N) is 2. The Hall–Kier alpha value is -1.51. The van der Waals surface area contributed by atoms with Gasteiger partial charge in [-0.2, -0.15) is 0 Å². The Morgan fingerprint density at radius 1 is 1.21 bits per heavy atom. The third-order valence-corrected chi connectivity index (χ3v) is 3.73. The Labute approximate surface area is 115 Å². The van der Waals surface area contributed by atoms with Crippen LogP contribution in [0.25, 0.3) is 11.0 Å². The van der Waals surface area contributed by atoms with Crippen molar-refractivity contribution in [1.82, 2.24) is 9.55 Å². The fourth-order valence-electron chi connectivity index (χ4n) is 2.62. The quantitative estimate of drug-likeness (QED) is 0.789. The highest BCUT2D eigenvalue weighted by Gasteiger charge is 2.20. The molecule has 2 rings (SSSR count). The molecule has 1 aromatic carbocycles. The number of anilines is 1. The topological polar surface area (TPSA) is 43.8 Å². The molecule has 0 aliphatic heterocycles. The van der Waals surface area contributed by atoms with Gasteiger partial charge in [-0.05, 0) is 24.0 Å². The van der Waals surface area contributed by atoms with Crippen LogP contribution in [0, 0.1) is 5.41 Å². The van der Waals surface area contributed by atoms with Crippen LogP contribution in [0.15, 0.2) is 24.3 Å². The number of aromatic nitrogens is 2. The molecule has 104 valence electrons. The van der Waals surface area contributed by atoms with Gasteiger partial charge < -0.3 is 10.3 Å². The highest BCUT2D eigenvalue weighted by atomic mass is 15.2. The van der Waals surface area contributed by atoms with Gasteiger partial charge in [-0.25, -0.2) is 4.98 Å². The van der Waals surface area contributed by atoms with Crippen molar-refractivity contribution < 1.29 is 0 Å². The SMILES string of the molecule is CCCCCC(C)(C)Cn1c(N)nc2ccccc21. The minimum absolute atomic E-state index is 0.257. The molecule has 19 heavy (non-hydrogen) atoms.